The van der Waals surface area contributed by atoms with Crippen LogP contribution in [-0.4, -0.2) is 34.4 Å². The fourth-order valence-corrected chi connectivity index (χ4v) is 4.86. The van der Waals surface area contributed by atoms with Crippen LogP contribution in [0.15, 0.2) is 71.6 Å². The van der Waals surface area contributed by atoms with Crippen molar-refractivity contribution in [3.8, 4) is 5.75 Å². The third-order valence-electron chi connectivity index (χ3n) is 5.46. The number of hydrogen-bond acceptors (Lipinski definition) is 4. The first-order chi connectivity index (χ1) is 17.5. The van der Waals surface area contributed by atoms with Crippen LogP contribution in [0.3, 0.4) is 0 Å². The van der Waals surface area contributed by atoms with Crippen molar-refractivity contribution in [2.75, 3.05) is 6.54 Å². The molecule has 3 N–H and O–H groups in total. The molecule has 0 radical (unpaired) electrons. The van der Waals surface area contributed by atoms with Gasteiger partial charge in [0.05, 0.1) is 17.0 Å². The number of rotatable bonds is 12. The van der Waals surface area contributed by atoms with Crippen molar-refractivity contribution in [2.45, 2.75) is 49.7 Å². The lowest BCUT2D eigenvalue weighted by atomic mass is 10.0. The highest BCUT2D eigenvalue weighted by molar-refractivity contribution is 7.83. The second-order valence-corrected chi connectivity index (χ2v) is 9.55. The number of nitrogens with one attached hydrogen (secondary N) is 2. The quantitative estimate of drug-likeness (QED) is 0.288. The van der Waals surface area contributed by atoms with Crippen molar-refractivity contribution in [3.63, 3.8) is 0 Å². The number of aliphatic hydroxyl groups excluding tert-OH is 1. The standard InChI is InChI=1S/C26H27F5N2O3S/c1-2-17-6-5-7-18(10-17)15-32-16-23(34)22(13-19-11-20(27)14-21(28)12-19)33-37(35)25-9-4-3-8-24(25)36-26(29,30)31/h3-12,14,22-23,32-34H,2,13,15-16H2,1H3/t22-,23+,37?/m0/s1. The first-order valence-electron chi connectivity index (χ1n) is 11.5. The van der Waals surface area contributed by atoms with Crippen LogP contribution in [0.2, 0.25) is 0 Å². The first kappa shape index (κ1) is 28.7. The fourth-order valence-electron chi connectivity index (χ4n) is 3.72. The molecular weight excluding hydrogens is 515 g/mol. The maximum absolute atomic E-state index is 13.8. The van der Waals surface area contributed by atoms with E-state index >= 15 is 0 Å². The average Bonchev–Trinajstić information content (AvgIpc) is 2.82. The minimum atomic E-state index is -5.00. The number of halogens is 5. The molecule has 37 heavy (non-hydrogen) atoms. The Morgan fingerprint density at radius 2 is 1.62 bits per heavy atom. The van der Waals surface area contributed by atoms with Gasteiger partial charge in [-0.25, -0.2) is 17.7 Å². The number of aliphatic hydroxyl groups is 1. The SMILES string of the molecule is CCc1cccc(CNC[C@@H](O)[C@H](Cc2cc(F)cc(F)c2)NS(=O)c2ccccc2OC(F)(F)F)c1. The Kier molecular flexibility index (Phi) is 10.2. The predicted molar refractivity (Wildman–Crippen MR) is 130 cm³/mol. The van der Waals surface area contributed by atoms with E-state index in [0.717, 1.165) is 35.7 Å². The number of ether oxygens (including phenoxy) is 1. The van der Waals surface area contributed by atoms with Gasteiger partial charge >= 0.3 is 6.36 Å². The Morgan fingerprint density at radius 1 is 0.946 bits per heavy atom. The smallest absolute Gasteiger partial charge is 0.404 e. The van der Waals surface area contributed by atoms with Gasteiger partial charge in [0.2, 0.25) is 0 Å². The van der Waals surface area contributed by atoms with Crippen LogP contribution >= 0.6 is 0 Å². The Hall–Kier alpha value is -2.86. The normalized spacial score (nSPS) is 14.2. The number of benzene rings is 3. The van der Waals surface area contributed by atoms with E-state index in [4.69, 9.17) is 0 Å². The van der Waals surface area contributed by atoms with Crippen molar-refractivity contribution in [3.05, 3.63) is 95.1 Å². The van der Waals surface area contributed by atoms with E-state index in [2.05, 4.69) is 14.8 Å². The van der Waals surface area contributed by atoms with Gasteiger partial charge in [0.25, 0.3) is 0 Å². The lowest BCUT2D eigenvalue weighted by Gasteiger charge is -2.25. The minimum absolute atomic E-state index is 0.00369. The van der Waals surface area contributed by atoms with Gasteiger partial charge in [-0.3, -0.25) is 0 Å². The van der Waals surface area contributed by atoms with E-state index in [0.29, 0.717) is 12.6 Å². The maximum atomic E-state index is 13.8. The molecular formula is C26H27F5N2O3S. The minimum Gasteiger partial charge on any atom is -0.404 e. The predicted octanol–water partition coefficient (Wildman–Crippen LogP) is 4.80. The molecule has 0 heterocycles. The van der Waals surface area contributed by atoms with E-state index in [1.54, 1.807) is 0 Å². The molecule has 0 fully saturated rings. The molecule has 200 valence electrons. The Morgan fingerprint density at radius 3 is 2.30 bits per heavy atom. The zero-order valence-electron chi connectivity index (χ0n) is 19.9. The lowest BCUT2D eigenvalue weighted by Crippen LogP contribution is -2.47. The molecule has 0 aliphatic carbocycles. The summed E-state index contributed by atoms with van der Waals surface area (Å²) in [5.74, 6) is -2.33. The van der Waals surface area contributed by atoms with Gasteiger partial charge in [0.1, 0.15) is 28.4 Å². The molecule has 0 bridgehead atoms. The van der Waals surface area contributed by atoms with E-state index in [-0.39, 0.29) is 23.4 Å². The summed E-state index contributed by atoms with van der Waals surface area (Å²) in [4.78, 5) is -0.299. The number of aryl methyl sites for hydroxylation is 1. The van der Waals surface area contributed by atoms with Gasteiger partial charge in [-0.2, -0.15) is 0 Å². The highest BCUT2D eigenvalue weighted by Crippen LogP contribution is 2.28. The zero-order chi connectivity index (χ0) is 27.0. The van der Waals surface area contributed by atoms with Crippen LogP contribution in [0.1, 0.15) is 23.6 Å². The summed E-state index contributed by atoms with van der Waals surface area (Å²) in [5.41, 5.74) is 2.29. The lowest BCUT2D eigenvalue weighted by molar-refractivity contribution is -0.275. The maximum Gasteiger partial charge on any atom is 0.573 e. The largest absolute Gasteiger partial charge is 0.573 e. The monoisotopic (exact) mass is 542 g/mol. The molecule has 0 saturated heterocycles. The molecule has 1 unspecified atom stereocenters. The fraction of sp³-hybridized carbons (Fsp3) is 0.308. The number of hydrogen-bond donors (Lipinski definition) is 3. The van der Waals surface area contributed by atoms with Crippen molar-refractivity contribution in [2.24, 2.45) is 0 Å². The van der Waals surface area contributed by atoms with Gasteiger partial charge in [-0.15, -0.1) is 13.2 Å². The number of para-hydroxylation sites is 1. The average molecular weight is 543 g/mol. The van der Waals surface area contributed by atoms with Crippen LogP contribution in [0.5, 0.6) is 5.75 Å². The van der Waals surface area contributed by atoms with E-state index in [9.17, 15) is 31.3 Å². The van der Waals surface area contributed by atoms with Crippen LogP contribution in [0.4, 0.5) is 22.0 Å². The third-order valence-corrected chi connectivity index (χ3v) is 6.71. The van der Waals surface area contributed by atoms with Crippen LogP contribution < -0.4 is 14.8 Å². The molecule has 5 nitrogen and oxygen atoms in total. The van der Waals surface area contributed by atoms with E-state index < -0.39 is 46.9 Å². The second kappa shape index (κ2) is 13.1. The second-order valence-electron chi connectivity index (χ2n) is 8.34. The van der Waals surface area contributed by atoms with Crippen LogP contribution in [-0.2, 0) is 30.4 Å². The molecule has 0 aliphatic heterocycles. The van der Waals surface area contributed by atoms with Crippen molar-refractivity contribution in [1.29, 1.82) is 0 Å². The molecule has 0 spiro atoms. The summed E-state index contributed by atoms with van der Waals surface area (Å²) in [6.45, 7) is 2.45. The van der Waals surface area contributed by atoms with Gasteiger partial charge in [-0.05, 0) is 53.8 Å². The summed E-state index contributed by atoms with van der Waals surface area (Å²) < 4.78 is 85.5. The van der Waals surface area contributed by atoms with Gasteiger partial charge in [0, 0.05) is 19.2 Å². The van der Waals surface area contributed by atoms with Crippen molar-refractivity contribution >= 4 is 11.0 Å². The molecule has 11 heteroatoms. The summed E-state index contributed by atoms with van der Waals surface area (Å²) in [5, 5.41) is 14.0. The molecule has 3 aromatic carbocycles. The molecule has 3 rings (SSSR count). The summed E-state index contributed by atoms with van der Waals surface area (Å²) in [6, 6.07) is 14.5. The molecule has 3 atom stereocenters. The van der Waals surface area contributed by atoms with Gasteiger partial charge in [0.15, 0.2) is 0 Å². The Balaban J connectivity index is 1.77. The summed E-state index contributed by atoms with van der Waals surface area (Å²) >= 11 is 0. The Labute approximate surface area is 214 Å². The first-order valence-corrected chi connectivity index (χ1v) is 12.6. The van der Waals surface area contributed by atoms with Crippen LogP contribution in [0.25, 0.3) is 0 Å². The summed E-state index contributed by atoms with van der Waals surface area (Å²) in [6.07, 6.45) is -5.52. The topological polar surface area (TPSA) is 70.6 Å². The molecule has 0 amide bonds. The van der Waals surface area contributed by atoms with Crippen molar-refractivity contribution < 1.29 is 36.0 Å². The number of alkyl halides is 3. The van der Waals surface area contributed by atoms with E-state index in [1.165, 1.54) is 18.2 Å². The highest BCUT2D eigenvalue weighted by Gasteiger charge is 2.33. The van der Waals surface area contributed by atoms with E-state index in [1.807, 2.05) is 31.2 Å². The van der Waals surface area contributed by atoms with Crippen LogP contribution in [0, 0.1) is 11.6 Å². The van der Waals surface area contributed by atoms with Gasteiger partial charge < -0.3 is 15.2 Å². The third kappa shape index (κ3) is 9.19. The molecule has 0 saturated carbocycles. The zero-order valence-corrected chi connectivity index (χ0v) is 20.7. The molecule has 0 aromatic heterocycles. The van der Waals surface area contributed by atoms with Crippen molar-refractivity contribution in [1.82, 2.24) is 10.0 Å². The molecule has 0 aliphatic rings. The Bertz CT molecular complexity index is 1190. The summed E-state index contributed by atoms with van der Waals surface area (Å²) in [7, 11) is -2.26. The van der Waals surface area contributed by atoms with Gasteiger partial charge in [-0.1, -0.05) is 43.3 Å². The highest BCUT2D eigenvalue weighted by atomic mass is 32.2. The molecule has 3 aromatic rings.